The van der Waals surface area contributed by atoms with Crippen LogP contribution < -0.4 is 0 Å². The van der Waals surface area contributed by atoms with Crippen LogP contribution in [-0.4, -0.2) is 19.0 Å². The van der Waals surface area contributed by atoms with Crippen LogP contribution in [-0.2, 0) is 9.53 Å². The van der Waals surface area contributed by atoms with Crippen LogP contribution in [0.5, 0.6) is 0 Å². The molecule has 0 spiro atoms. The van der Waals surface area contributed by atoms with Crippen molar-refractivity contribution >= 4 is 5.78 Å². The monoisotopic (exact) mass is 144 g/mol. The molecule has 2 nitrogen and oxygen atoms in total. The molecule has 0 saturated carbocycles. The fourth-order valence-electron chi connectivity index (χ4n) is 0.718. The van der Waals surface area contributed by atoms with Crippen molar-refractivity contribution in [2.24, 2.45) is 5.92 Å². The SMILES string of the molecule is CCC(C)C(=O)C(C)OC. The Morgan fingerprint density at radius 1 is 1.50 bits per heavy atom. The predicted octanol–water partition coefficient (Wildman–Crippen LogP) is 1.64. The maximum Gasteiger partial charge on any atom is 0.164 e. The highest BCUT2D eigenvalue weighted by molar-refractivity contribution is 5.84. The first-order chi connectivity index (χ1) is 4.63. The lowest BCUT2D eigenvalue weighted by molar-refractivity contribution is -0.131. The van der Waals surface area contributed by atoms with E-state index in [2.05, 4.69) is 0 Å². The molecule has 0 radical (unpaired) electrons. The molecular weight excluding hydrogens is 128 g/mol. The summed E-state index contributed by atoms with van der Waals surface area (Å²) in [5.41, 5.74) is 0. The Labute approximate surface area is 62.6 Å². The first-order valence-electron chi connectivity index (χ1n) is 3.70. The van der Waals surface area contributed by atoms with Gasteiger partial charge in [0, 0.05) is 13.0 Å². The zero-order chi connectivity index (χ0) is 8.15. The van der Waals surface area contributed by atoms with Crippen LogP contribution >= 0.6 is 0 Å². The smallest absolute Gasteiger partial charge is 0.164 e. The second-order valence-corrected chi connectivity index (χ2v) is 2.59. The molecule has 0 aliphatic carbocycles. The fourth-order valence-corrected chi connectivity index (χ4v) is 0.718. The summed E-state index contributed by atoms with van der Waals surface area (Å²) in [5, 5.41) is 0. The quantitative estimate of drug-likeness (QED) is 0.599. The molecule has 0 aromatic rings. The number of ketones is 1. The minimum Gasteiger partial charge on any atom is -0.374 e. The zero-order valence-corrected chi connectivity index (χ0v) is 7.18. The molecule has 0 saturated heterocycles. The number of carbonyl (C=O) groups excluding carboxylic acids is 1. The molecule has 0 N–H and O–H groups in total. The third-order valence-electron chi connectivity index (χ3n) is 1.85. The summed E-state index contributed by atoms with van der Waals surface area (Å²) >= 11 is 0. The Bertz CT molecular complexity index is 97.8. The number of hydrogen-bond donors (Lipinski definition) is 0. The number of hydrogen-bond acceptors (Lipinski definition) is 2. The van der Waals surface area contributed by atoms with E-state index in [-0.39, 0.29) is 17.8 Å². The van der Waals surface area contributed by atoms with E-state index in [9.17, 15) is 4.79 Å². The van der Waals surface area contributed by atoms with E-state index < -0.39 is 0 Å². The first kappa shape index (κ1) is 9.63. The molecule has 60 valence electrons. The van der Waals surface area contributed by atoms with Gasteiger partial charge in [0.15, 0.2) is 5.78 Å². The van der Waals surface area contributed by atoms with Gasteiger partial charge in [0.2, 0.25) is 0 Å². The van der Waals surface area contributed by atoms with Gasteiger partial charge in [-0.1, -0.05) is 13.8 Å². The lowest BCUT2D eigenvalue weighted by atomic mass is 10.0. The van der Waals surface area contributed by atoms with Crippen molar-refractivity contribution in [1.29, 1.82) is 0 Å². The Hall–Kier alpha value is -0.370. The Balaban J connectivity index is 3.82. The topological polar surface area (TPSA) is 26.3 Å². The minimum absolute atomic E-state index is 0.134. The molecule has 0 rings (SSSR count). The average Bonchev–Trinajstić information content (AvgIpc) is 2.00. The molecule has 0 aromatic carbocycles. The third-order valence-corrected chi connectivity index (χ3v) is 1.85. The van der Waals surface area contributed by atoms with Crippen LogP contribution in [0.4, 0.5) is 0 Å². The van der Waals surface area contributed by atoms with E-state index in [4.69, 9.17) is 4.74 Å². The molecule has 0 aliphatic rings. The Kier molecular flexibility index (Phi) is 4.28. The maximum atomic E-state index is 11.2. The molecule has 0 aromatic heterocycles. The number of ether oxygens (including phenoxy) is 1. The van der Waals surface area contributed by atoms with Crippen LogP contribution in [0.25, 0.3) is 0 Å². The largest absolute Gasteiger partial charge is 0.374 e. The number of methoxy groups -OCH3 is 1. The summed E-state index contributed by atoms with van der Waals surface area (Å²) in [6.45, 7) is 5.72. The van der Waals surface area contributed by atoms with Crippen molar-refractivity contribution < 1.29 is 9.53 Å². The summed E-state index contributed by atoms with van der Waals surface area (Å²) in [4.78, 5) is 11.2. The van der Waals surface area contributed by atoms with Crippen LogP contribution in [0.2, 0.25) is 0 Å². The van der Waals surface area contributed by atoms with Gasteiger partial charge in [-0.05, 0) is 13.3 Å². The second-order valence-electron chi connectivity index (χ2n) is 2.59. The molecule has 2 unspecified atom stereocenters. The second kappa shape index (κ2) is 4.45. The van der Waals surface area contributed by atoms with E-state index in [1.165, 1.54) is 0 Å². The molecule has 0 bridgehead atoms. The first-order valence-corrected chi connectivity index (χ1v) is 3.70. The number of carbonyl (C=O) groups is 1. The summed E-state index contributed by atoms with van der Waals surface area (Å²) in [6, 6.07) is 0. The highest BCUT2D eigenvalue weighted by Gasteiger charge is 2.17. The van der Waals surface area contributed by atoms with Gasteiger partial charge >= 0.3 is 0 Å². The Morgan fingerprint density at radius 3 is 2.30 bits per heavy atom. The van der Waals surface area contributed by atoms with Gasteiger partial charge in [-0.3, -0.25) is 4.79 Å². The highest BCUT2D eigenvalue weighted by atomic mass is 16.5. The minimum atomic E-state index is -0.241. The maximum absolute atomic E-state index is 11.2. The molecule has 0 amide bonds. The lowest BCUT2D eigenvalue weighted by Crippen LogP contribution is -2.24. The summed E-state index contributed by atoms with van der Waals surface area (Å²) in [6.07, 6.45) is 0.655. The van der Waals surface area contributed by atoms with Gasteiger partial charge in [-0.25, -0.2) is 0 Å². The van der Waals surface area contributed by atoms with Gasteiger partial charge in [-0.2, -0.15) is 0 Å². The standard InChI is InChI=1S/C8H16O2/c1-5-6(2)8(9)7(3)10-4/h6-7H,5H2,1-4H3. The number of rotatable bonds is 4. The normalized spacial score (nSPS) is 16.4. The molecular formula is C8H16O2. The average molecular weight is 144 g/mol. The zero-order valence-electron chi connectivity index (χ0n) is 7.18. The Morgan fingerprint density at radius 2 is 2.00 bits per heavy atom. The van der Waals surface area contributed by atoms with Crippen molar-refractivity contribution in [3.63, 3.8) is 0 Å². The molecule has 0 fully saturated rings. The van der Waals surface area contributed by atoms with E-state index in [0.717, 1.165) is 6.42 Å². The van der Waals surface area contributed by atoms with Crippen molar-refractivity contribution in [3.05, 3.63) is 0 Å². The summed E-state index contributed by atoms with van der Waals surface area (Å²) in [5.74, 6) is 0.333. The van der Waals surface area contributed by atoms with Crippen LogP contribution in [0.15, 0.2) is 0 Å². The summed E-state index contributed by atoms with van der Waals surface area (Å²) < 4.78 is 4.89. The summed E-state index contributed by atoms with van der Waals surface area (Å²) in [7, 11) is 1.56. The molecule has 2 atom stereocenters. The predicted molar refractivity (Wildman–Crippen MR) is 40.9 cm³/mol. The van der Waals surface area contributed by atoms with Gasteiger partial charge in [0.1, 0.15) is 6.10 Å². The molecule has 0 aliphatic heterocycles. The fraction of sp³-hybridized carbons (Fsp3) is 0.875. The molecule has 0 heterocycles. The molecule has 10 heavy (non-hydrogen) atoms. The van der Waals surface area contributed by atoms with E-state index in [1.54, 1.807) is 14.0 Å². The van der Waals surface area contributed by atoms with E-state index in [1.807, 2.05) is 13.8 Å². The number of Topliss-reactive ketones (excluding diaryl/α,β-unsaturated/α-hetero) is 1. The highest BCUT2D eigenvalue weighted by Crippen LogP contribution is 2.06. The van der Waals surface area contributed by atoms with Gasteiger partial charge in [0.25, 0.3) is 0 Å². The van der Waals surface area contributed by atoms with Crippen molar-refractivity contribution in [1.82, 2.24) is 0 Å². The van der Waals surface area contributed by atoms with E-state index in [0.29, 0.717) is 0 Å². The lowest BCUT2D eigenvalue weighted by Gasteiger charge is -2.12. The van der Waals surface area contributed by atoms with Gasteiger partial charge in [0.05, 0.1) is 0 Å². The van der Waals surface area contributed by atoms with Crippen molar-refractivity contribution in [2.45, 2.75) is 33.3 Å². The van der Waals surface area contributed by atoms with Gasteiger partial charge < -0.3 is 4.74 Å². The molecule has 2 heteroatoms. The van der Waals surface area contributed by atoms with Crippen LogP contribution in [0.3, 0.4) is 0 Å². The van der Waals surface area contributed by atoms with Crippen LogP contribution in [0, 0.1) is 5.92 Å². The van der Waals surface area contributed by atoms with Crippen molar-refractivity contribution in [3.8, 4) is 0 Å². The van der Waals surface area contributed by atoms with Gasteiger partial charge in [-0.15, -0.1) is 0 Å². The van der Waals surface area contributed by atoms with Crippen LogP contribution in [0.1, 0.15) is 27.2 Å². The third kappa shape index (κ3) is 2.48. The van der Waals surface area contributed by atoms with Crippen molar-refractivity contribution in [2.75, 3.05) is 7.11 Å². The van der Waals surface area contributed by atoms with E-state index >= 15 is 0 Å².